The molecular formula is C21H17FN2O2. The minimum absolute atomic E-state index is 0.306. The van der Waals surface area contributed by atoms with E-state index >= 15 is 0 Å². The largest absolute Gasteiger partial charge is 0.465 e. The third kappa shape index (κ3) is 3.58. The van der Waals surface area contributed by atoms with Gasteiger partial charge in [0.05, 0.1) is 23.9 Å². The molecule has 130 valence electrons. The molecule has 0 bridgehead atoms. The van der Waals surface area contributed by atoms with Crippen molar-refractivity contribution in [3.63, 3.8) is 0 Å². The molecule has 2 aromatic heterocycles. The second-order valence-corrected chi connectivity index (χ2v) is 5.89. The Morgan fingerprint density at radius 1 is 0.846 bits per heavy atom. The SMILES string of the molecule is Fc1ccccc1N=C1/C(=C/c2ccco2)CNC/C1=C\c1ccco1. The Balaban J connectivity index is 1.82. The molecule has 1 N–H and O–H groups in total. The Bertz CT molecular complexity index is 913. The number of piperidine rings is 1. The summed E-state index contributed by atoms with van der Waals surface area (Å²) in [6, 6.07) is 13.9. The molecule has 1 aliphatic heterocycles. The summed E-state index contributed by atoms with van der Waals surface area (Å²) in [5.74, 6) is 1.10. The fraction of sp³-hybridized carbons (Fsp3) is 0.0952. The highest BCUT2D eigenvalue weighted by molar-refractivity contribution is 6.18. The van der Waals surface area contributed by atoms with E-state index in [2.05, 4.69) is 10.3 Å². The van der Waals surface area contributed by atoms with Crippen LogP contribution < -0.4 is 5.32 Å². The van der Waals surface area contributed by atoms with Gasteiger partial charge in [0.15, 0.2) is 0 Å². The summed E-state index contributed by atoms with van der Waals surface area (Å²) in [5, 5.41) is 3.35. The van der Waals surface area contributed by atoms with Gasteiger partial charge in [0.25, 0.3) is 0 Å². The molecule has 0 amide bonds. The molecule has 3 aromatic rings. The van der Waals surface area contributed by atoms with Gasteiger partial charge in [0.2, 0.25) is 0 Å². The third-order valence-electron chi connectivity index (χ3n) is 4.04. The maximum atomic E-state index is 14.2. The topological polar surface area (TPSA) is 50.7 Å². The summed E-state index contributed by atoms with van der Waals surface area (Å²) in [5.41, 5.74) is 2.88. The van der Waals surface area contributed by atoms with Crippen LogP contribution in [-0.4, -0.2) is 18.8 Å². The second kappa shape index (κ2) is 7.37. The van der Waals surface area contributed by atoms with Crippen molar-refractivity contribution in [1.82, 2.24) is 5.32 Å². The van der Waals surface area contributed by atoms with Gasteiger partial charge in [-0.2, -0.15) is 0 Å². The van der Waals surface area contributed by atoms with Crippen LogP contribution >= 0.6 is 0 Å². The monoisotopic (exact) mass is 348 g/mol. The fourth-order valence-corrected chi connectivity index (χ4v) is 2.84. The van der Waals surface area contributed by atoms with E-state index in [0.29, 0.717) is 18.8 Å². The van der Waals surface area contributed by atoms with Crippen LogP contribution in [0, 0.1) is 5.82 Å². The van der Waals surface area contributed by atoms with Crippen molar-refractivity contribution in [3.05, 3.63) is 89.5 Å². The number of nitrogens with one attached hydrogen (secondary N) is 1. The van der Waals surface area contributed by atoms with Crippen molar-refractivity contribution in [3.8, 4) is 0 Å². The zero-order chi connectivity index (χ0) is 17.8. The highest BCUT2D eigenvalue weighted by Gasteiger charge is 2.20. The lowest BCUT2D eigenvalue weighted by Gasteiger charge is -2.21. The van der Waals surface area contributed by atoms with Gasteiger partial charge in [-0.3, -0.25) is 0 Å². The van der Waals surface area contributed by atoms with E-state index in [9.17, 15) is 4.39 Å². The zero-order valence-electron chi connectivity index (χ0n) is 14.0. The molecule has 1 saturated heterocycles. The molecule has 4 nitrogen and oxygen atoms in total. The first-order chi connectivity index (χ1) is 12.8. The van der Waals surface area contributed by atoms with Gasteiger partial charge in [-0.1, -0.05) is 12.1 Å². The normalized spacial score (nSPS) is 17.8. The molecule has 26 heavy (non-hydrogen) atoms. The smallest absolute Gasteiger partial charge is 0.148 e. The van der Waals surface area contributed by atoms with Gasteiger partial charge in [-0.25, -0.2) is 9.38 Å². The minimum Gasteiger partial charge on any atom is -0.465 e. The summed E-state index contributed by atoms with van der Waals surface area (Å²) in [7, 11) is 0. The molecule has 1 aromatic carbocycles. The van der Waals surface area contributed by atoms with Crippen LogP contribution in [0.25, 0.3) is 12.2 Å². The van der Waals surface area contributed by atoms with Crippen LogP contribution in [0.1, 0.15) is 11.5 Å². The molecule has 0 aliphatic carbocycles. The van der Waals surface area contributed by atoms with E-state index in [0.717, 1.165) is 28.4 Å². The molecule has 3 heterocycles. The Labute approximate surface area is 150 Å². The van der Waals surface area contributed by atoms with Gasteiger partial charge >= 0.3 is 0 Å². The number of hydrogen-bond donors (Lipinski definition) is 1. The Hall–Kier alpha value is -3.18. The molecule has 1 aliphatic rings. The standard InChI is InChI=1S/C21H17FN2O2/c22-19-7-1-2-8-20(19)24-21-15(11-17-5-3-9-25-17)13-23-14-16(21)12-18-6-4-10-26-18/h1-12,23H,13-14H2/b15-11+,16-12+. The summed E-state index contributed by atoms with van der Waals surface area (Å²) in [6.45, 7) is 1.23. The summed E-state index contributed by atoms with van der Waals surface area (Å²) in [6.07, 6.45) is 7.08. The lowest BCUT2D eigenvalue weighted by atomic mass is 9.96. The fourth-order valence-electron chi connectivity index (χ4n) is 2.84. The lowest BCUT2D eigenvalue weighted by Crippen LogP contribution is -2.33. The van der Waals surface area contributed by atoms with E-state index in [1.807, 2.05) is 36.4 Å². The lowest BCUT2D eigenvalue weighted by molar-refractivity contribution is 0.556. The maximum absolute atomic E-state index is 14.2. The Morgan fingerprint density at radius 2 is 1.46 bits per heavy atom. The number of benzene rings is 1. The van der Waals surface area contributed by atoms with Crippen molar-refractivity contribution >= 4 is 23.6 Å². The number of nitrogens with zero attached hydrogens (tertiary/aromatic N) is 1. The number of furan rings is 2. The number of para-hydroxylation sites is 1. The minimum atomic E-state index is -0.353. The number of aliphatic imine (C=N–C) groups is 1. The molecule has 0 radical (unpaired) electrons. The van der Waals surface area contributed by atoms with E-state index in [1.54, 1.807) is 30.7 Å². The Morgan fingerprint density at radius 3 is 2.00 bits per heavy atom. The average Bonchev–Trinajstić information content (AvgIpc) is 3.33. The summed E-state index contributed by atoms with van der Waals surface area (Å²) >= 11 is 0. The van der Waals surface area contributed by atoms with Crippen LogP contribution in [0.4, 0.5) is 10.1 Å². The van der Waals surface area contributed by atoms with Gasteiger partial charge in [0, 0.05) is 13.1 Å². The molecule has 0 atom stereocenters. The predicted octanol–water partition coefficient (Wildman–Crippen LogP) is 4.85. The predicted molar refractivity (Wildman–Crippen MR) is 99.7 cm³/mol. The first kappa shape index (κ1) is 16.3. The van der Waals surface area contributed by atoms with E-state index in [-0.39, 0.29) is 5.82 Å². The maximum Gasteiger partial charge on any atom is 0.148 e. The van der Waals surface area contributed by atoms with Crippen molar-refractivity contribution in [2.45, 2.75) is 0 Å². The average molecular weight is 348 g/mol. The van der Waals surface area contributed by atoms with Crippen molar-refractivity contribution in [1.29, 1.82) is 0 Å². The van der Waals surface area contributed by atoms with Crippen molar-refractivity contribution < 1.29 is 13.2 Å². The molecule has 0 spiro atoms. The third-order valence-corrected chi connectivity index (χ3v) is 4.04. The van der Waals surface area contributed by atoms with Crippen LogP contribution in [-0.2, 0) is 0 Å². The van der Waals surface area contributed by atoms with E-state index in [1.165, 1.54) is 6.07 Å². The molecule has 4 rings (SSSR count). The van der Waals surface area contributed by atoms with Gasteiger partial charge < -0.3 is 14.2 Å². The molecule has 1 fully saturated rings. The molecular weight excluding hydrogens is 331 g/mol. The first-order valence-electron chi connectivity index (χ1n) is 8.32. The molecule has 0 saturated carbocycles. The summed E-state index contributed by atoms with van der Waals surface area (Å²) in [4.78, 5) is 4.62. The Kier molecular flexibility index (Phi) is 4.62. The number of rotatable bonds is 3. The zero-order valence-corrected chi connectivity index (χ0v) is 14.0. The molecule has 5 heteroatoms. The second-order valence-electron chi connectivity index (χ2n) is 5.89. The van der Waals surface area contributed by atoms with Crippen LogP contribution in [0.5, 0.6) is 0 Å². The highest BCUT2D eigenvalue weighted by Crippen LogP contribution is 2.24. The summed E-state index contributed by atoms with van der Waals surface area (Å²) < 4.78 is 25.0. The van der Waals surface area contributed by atoms with Gasteiger partial charge in [-0.05, 0) is 59.7 Å². The number of halogens is 1. The van der Waals surface area contributed by atoms with Crippen molar-refractivity contribution in [2.24, 2.45) is 4.99 Å². The van der Waals surface area contributed by atoms with Gasteiger partial charge in [0.1, 0.15) is 17.3 Å². The quantitative estimate of drug-likeness (QED) is 0.736. The molecule has 0 unspecified atom stereocenters. The van der Waals surface area contributed by atoms with Crippen LogP contribution in [0.2, 0.25) is 0 Å². The van der Waals surface area contributed by atoms with Crippen molar-refractivity contribution in [2.75, 3.05) is 13.1 Å². The highest BCUT2D eigenvalue weighted by atomic mass is 19.1. The van der Waals surface area contributed by atoms with E-state index in [4.69, 9.17) is 8.83 Å². The van der Waals surface area contributed by atoms with Gasteiger partial charge in [-0.15, -0.1) is 0 Å². The first-order valence-corrected chi connectivity index (χ1v) is 8.32. The van der Waals surface area contributed by atoms with E-state index < -0.39 is 0 Å². The van der Waals surface area contributed by atoms with Crippen LogP contribution in [0.15, 0.2) is 86.0 Å². The number of hydrogen-bond acceptors (Lipinski definition) is 4. The van der Waals surface area contributed by atoms with Crippen LogP contribution in [0.3, 0.4) is 0 Å².